The van der Waals surface area contributed by atoms with Gasteiger partial charge in [-0.3, -0.25) is 0 Å². The third-order valence-corrected chi connectivity index (χ3v) is 4.30. The van der Waals surface area contributed by atoms with Gasteiger partial charge < -0.3 is 5.73 Å². The highest BCUT2D eigenvalue weighted by Gasteiger charge is 2.02. The van der Waals surface area contributed by atoms with Crippen molar-refractivity contribution in [3.05, 3.63) is 57.5 Å². The number of halogens is 2. The zero-order valence-electron chi connectivity index (χ0n) is 8.99. The maximum Gasteiger partial charge on any atom is 0.0543 e. The molecule has 2 aromatic rings. The van der Waals surface area contributed by atoms with Crippen LogP contribution in [0.3, 0.4) is 0 Å². The molecular weight excluding hydrogens is 318 g/mol. The molecule has 0 fully saturated rings. The van der Waals surface area contributed by atoms with Crippen molar-refractivity contribution in [1.82, 2.24) is 0 Å². The molecule has 2 aromatic carbocycles. The van der Waals surface area contributed by atoms with E-state index in [4.69, 9.17) is 17.3 Å². The molecule has 0 atom stereocenters. The largest absolute Gasteiger partial charge is 0.399 e. The third kappa shape index (κ3) is 3.66. The first-order chi connectivity index (χ1) is 8.15. The second-order valence-electron chi connectivity index (χ2n) is 3.61. The summed E-state index contributed by atoms with van der Waals surface area (Å²) in [5.74, 6) is 0.878. The standard InChI is InChI=1S/C13H11BrClNS/c14-10-3-1-2-9(6-10)8-17-13-7-11(16)4-5-12(13)15/h1-7H,8,16H2. The van der Waals surface area contributed by atoms with E-state index in [1.807, 2.05) is 30.3 Å². The van der Waals surface area contributed by atoms with Gasteiger partial charge in [0.25, 0.3) is 0 Å². The molecule has 17 heavy (non-hydrogen) atoms. The Labute approximate surface area is 118 Å². The maximum absolute atomic E-state index is 6.11. The quantitative estimate of drug-likeness (QED) is 0.635. The zero-order chi connectivity index (χ0) is 12.3. The van der Waals surface area contributed by atoms with Crippen molar-refractivity contribution in [2.24, 2.45) is 0 Å². The van der Waals surface area contributed by atoms with E-state index in [1.54, 1.807) is 11.8 Å². The Morgan fingerprint density at radius 2 is 2.00 bits per heavy atom. The van der Waals surface area contributed by atoms with Crippen LogP contribution in [0.1, 0.15) is 5.56 Å². The highest BCUT2D eigenvalue weighted by atomic mass is 79.9. The third-order valence-electron chi connectivity index (χ3n) is 2.24. The monoisotopic (exact) mass is 327 g/mol. The number of hydrogen-bond donors (Lipinski definition) is 1. The molecule has 1 nitrogen and oxygen atoms in total. The summed E-state index contributed by atoms with van der Waals surface area (Å²) in [6.45, 7) is 0. The predicted molar refractivity (Wildman–Crippen MR) is 79.6 cm³/mol. The van der Waals surface area contributed by atoms with Crippen LogP contribution in [0, 0.1) is 0 Å². The summed E-state index contributed by atoms with van der Waals surface area (Å²) < 4.78 is 1.09. The van der Waals surface area contributed by atoms with Crippen LogP contribution in [-0.2, 0) is 5.75 Å². The van der Waals surface area contributed by atoms with Crippen LogP contribution in [0.2, 0.25) is 5.02 Å². The second kappa shape index (κ2) is 5.80. The molecule has 0 bridgehead atoms. The SMILES string of the molecule is Nc1ccc(Cl)c(SCc2cccc(Br)c2)c1. The van der Waals surface area contributed by atoms with Crippen molar-refractivity contribution in [3.63, 3.8) is 0 Å². The topological polar surface area (TPSA) is 26.0 Å². The van der Waals surface area contributed by atoms with E-state index in [0.29, 0.717) is 0 Å². The summed E-state index contributed by atoms with van der Waals surface area (Å²) in [4.78, 5) is 1.02. The molecule has 0 aliphatic rings. The lowest BCUT2D eigenvalue weighted by Gasteiger charge is -2.05. The van der Waals surface area contributed by atoms with Gasteiger partial charge in [-0.1, -0.05) is 39.7 Å². The molecule has 0 saturated heterocycles. The number of nitrogens with two attached hydrogens (primary N) is 1. The first-order valence-electron chi connectivity index (χ1n) is 5.07. The Morgan fingerprint density at radius 3 is 2.76 bits per heavy atom. The van der Waals surface area contributed by atoms with Crippen LogP contribution in [0.4, 0.5) is 5.69 Å². The van der Waals surface area contributed by atoms with E-state index in [1.165, 1.54) is 5.56 Å². The molecule has 4 heteroatoms. The molecule has 0 heterocycles. The predicted octanol–water partition coefficient (Wildman–Crippen LogP) is 4.98. The molecule has 2 N–H and O–H groups in total. The molecule has 0 unspecified atom stereocenters. The number of rotatable bonds is 3. The molecule has 0 spiro atoms. The lowest BCUT2D eigenvalue weighted by atomic mass is 10.2. The van der Waals surface area contributed by atoms with E-state index in [2.05, 4.69) is 28.1 Å². The fraction of sp³-hybridized carbons (Fsp3) is 0.0769. The fourth-order valence-electron chi connectivity index (χ4n) is 1.42. The van der Waals surface area contributed by atoms with Gasteiger partial charge >= 0.3 is 0 Å². The molecule has 0 saturated carbocycles. The zero-order valence-corrected chi connectivity index (χ0v) is 12.1. The van der Waals surface area contributed by atoms with E-state index in [9.17, 15) is 0 Å². The molecular formula is C13H11BrClNS. The summed E-state index contributed by atoms with van der Waals surface area (Å²) in [5.41, 5.74) is 7.74. The van der Waals surface area contributed by atoms with Gasteiger partial charge in [-0.2, -0.15) is 0 Å². The van der Waals surface area contributed by atoms with Crippen molar-refractivity contribution in [3.8, 4) is 0 Å². The van der Waals surface area contributed by atoms with Crippen molar-refractivity contribution in [1.29, 1.82) is 0 Å². The normalized spacial score (nSPS) is 10.5. The average molecular weight is 329 g/mol. The Morgan fingerprint density at radius 1 is 1.18 bits per heavy atom. The summed E-state index contributed by atoms with van der Waals surface area (Å²) in [6, 6.07) is 13.8. The average Bonchev–Trinajstić information content (AvgIpc) is 2.30. The molecule has 0 aliphatic carbocycles. The highest BCUT2D eigenvalue weighted by Crippen LogP contribution is 2.31. The van der Waals surface area contributed by atoms with E-state index < -0.39 is 0 Å². The van der Waals surface area contributed by atoms with Crippen LogP contribution >= 0.6 is 39.3 Å². The summed E-state index contributed by atoms with van der Waals surface area (Å²) in [7, 11) is 0. The molecule has 0 radical (unpaired) electrons. The smallest absolute Gasteiger partial charge is 0.0543 e. The minimum Gasteiger partial charge on any atom is -0.399 e. The number of anilines is 1. The van der Waals surface area contributed by atoms with Gasteiger partial charge in [0.1, 0.15) is 0 Å². The van der Waals surface area contributed by atoms with Gasteiger partial charge in [0.15, 0.2) is 0 Å². The van der Waals surface area contributed by atoms with E-state index >= 15 is 0 Å². The van der Waals surface area contributed by atoms with Crippen molar-refractivity contribution < 1.29 is 0 Å². The van der Waals surface area contributed by atoms with Crippen LogP contribution in [0.5, 0.6) is 0 Å². The molecule has 88 valence electrons. The van der Waals surface area contributed by atoms with Gasteiger partial charge in [0, 0.05) is 20.8 Å². The minimum absolute atomic E-state index is 0.742. The Balaban J connectivity index is 2.09. The Kier molecular flexibility index (Phi) is 4.37. The molecule has 2 rings (SSSR count). The van der Waals surface area contributed by atoms with E-state index in [-0.39, 0.29) is 0 Å². The number of hydrogen-bond acceptors (Lipinski definition) is 2. The maximum atomic E-state index is 6.11. The lowest BCUT2D eigenvalue weighted by molar-refractivity contribution is 1.37. The highest BCUT2D eigenvalue weighted by molar-refractivity contribution is 9.10. The molecule has 0 aliphatic heterocycles. The molecule has 0 amide bonds. The first-order valence-corrected chi connectivity index (χ1v) is 7.23. The summed E-state index contributed by atoms with van der Waals surface area (Å²) >= 11 is 11.3. The molecule has 0 aromatic heterocycles. The minimum atomic E-state index is 0.742. The van der Waals surface area contributed by atoms with Crippen LogP contribution in [-0.4, -0.2) is 0 Å². The van der Waals surface area contributed by atoms with Crippen LogP contribution < -0.4 is 5.73 Å². The number of benzene rings is 2. The van der Waals surface area contributed by atoms with Crippen molar-refractivity contribution >= 4 is 45.0 Å². The van der Waals surface area contributed by atoms with Gasteiger partial charge in [-0.05, 0) is 35.9 Å². The van der Waals surface area contributed by atoms with Crippen molar-refractivity contribution in [2.45, 2.75) is 10.6 Å². The van der Waals surface area contributed by atoms with Gasteiger partial charge in [0.2, 0.25) is 0 Å². The number of thioether (sulfide) groups is 1. The van der Waals surface area contributed by atoms with Crippen molar-refractivity contribution in [2.75, 3.05) is 5.73 Å². The first kappa shape index (κ1) is 12.8. The summed E-state index contributed by atoms with van der Waals surface area (Å²) in [6.07, 6.45) is 0. The number of nitrogen functional groups attached to an aromatic ring is 1. The van der Waals surface area contributed by atoms with Crippen LogP contribution in [0.15, 0.2) is 51.8 Å². The Hall–Kier alpha value is -0.640. The van der Waals surface area contributed by atoms with Crippen LogP contribution in [0.25, 0.3) is 0 Å². The Bertz CT molecular complexity index is 531. The fourth-order valence-corrected chi connectivity index (χ4v) is 3.07. The lowest BCUT2D eigenvalue weighted by Crippen LogP contribution is -1.86. The van der Waals surface area contributed by atoms with Gasteiger partial charge in [0.05, 0.1) is 5.02 Å². The van der Waals surface area contributed by atoms with E-state index in [0.717, 1.165) is 25.8 Å². The van der Waals surface area contributed by atoms with Gasteiger partial charge in [-0.15, -0.1) is 11.8 Å². The van der Waals surface area contributed by atoms with Gasteiger partial charge in [-0.25, -0.2) is 0 Å². The second-order valence-corrected chi connectivity index (χ2v) is 5.95. The summed E-state index contributed by atoms with van der Waals surface area (Å²) in [5, 5.41) is 0.749.